The topological polar surface area (TPSA) is 82.7 Å². The Morgan fingerprint density at radius 3 is 2.43 bits per heavy atom. The molecule has 0 aliphatic carbocycles. The molecule has 3 atom stereocenters. The lowest BCUT2D eigenvalue weighted by Gasteiger charge is -2.45. The van der Waals surface area contributed by atoms with Crippen LogP contribution in [-0.4, -0.2) is 110 Å². The first-order valence-corrected chi connectivity index (χ1v) is 17.8. The van der Waals surface area contributed by atoms with E-state index >= 15 is 13.2 Å². The third kappa shape index (κ3) is 5.80. The summed E-state index contributed by atoms with van der Waals surface area (Å²) in [5.74, 6) is 0.441. The molecule has 2 aromatic heterocycles. The number of fused-ring (bicyclic) bond motifs is 1. The lowest BCUT2D eigenvalue weighted by molar-refractivity contribution is -0.137. The monoisotopic (exact) mass is 694 g/mol. The van der Waals surface area contributed by atoms with Crippen molar-refractivity contribution in [1.29, 1.82) is 0 Å². The first kappa shape index (κ1) is 33.6. The minimum Gasteiger partial charge on any atom is -0.352 e. The molecule has 3 aliphatic rings. The van der Waals surface area contributed by atoms with Crippen molar-refractivity contribution < 1.29 is 18.0 Å². The van der Waals surface area contributed by atoms with E-state index in [1.807, 2.05) is 24.8 Å². The smallest absolute Gasteiger partial charge is 0.352 e. The average Bonchev–Trinajstić information content (AvgIpc) is 3.46. The summed E-state index contributed by atoms with van der Waals surface area (Å²) >= 11 is 1.39. The molecule has 7 rings (SSSR count). The van der Waals surface area contributed by atoms with E-state index in [-0.39, 0.29) is 35.4 Å². The van der Waals surface area contributed by atoms with Gasteiger partial charge in [-0.3, -0.25) is 18.9 Å². The van der Waals surface area contributed by atoms with Gasteiger partial charge in [0, 0.05) is 97.5 Å². The second-order valence-electron chi connectivity index (χ2n) is 13.4. The van der Waals surface area contributed by atoms with E-state index in [9.17, 15) is 9.59 Å². The first-order chi connectivity index (χ1) is 23.4. The Bertz CT molecular complexity index is 1990. The molecule has 0 N–H and O–H groups in total. The molecule has 0 radical (unpaired) electrons. The highest BCUT2D eigenvalue weighted by Gasteiger charge is 2.41. The Morgan fingerprint density at radius 1 is 1.08 bits per heavy atom. The number of nitrogens with zero attached hydrogens (tertiary/aromatic N) is 8. The molecule has 0 unspecified atom stereocenters. The predicted molar refractivity (Wildman–Crippen MR) is 187 cm³/mol. The molecule has 3 aliphatic heterocycles. The Labute approximate surface area is 287 Å². The summed E-state index contributed by atoms with van der Waals surface area (Å²) in [4.78, 5) is 40.3. The Kier molecular flexibility index (Phi) is 8.77. The molecule has 10 nitrogen and oxygen atoms in total. The van der Waals surface area contributed by atoms with Gasteiger partial charge in [0.1, 0.15) is 5.82 Å². The van der Waals surface area contributed by atoms with E-state index in [2.05, 4.69) is 33.4 Å². The minimum absolute atomic E-state index is 0.0580. The quantitative estimate of drug-likeness (QED) is 0.265. The van der Waals surface area contributed by atoms with Gasteiger partial charge in [-0.05, 0) is 32.5 Å². The fourth-order valence-corrected chi connectivity index (χ4v) is 9.34. The zero-order valence-electron chi connectivity index (χ0n) is 28.2. The van der Waals surface area contributed by atoms with Gasteiger partial charge in [0.05, 0.1) is 28.8 Å². The van der Waals surface area contributed by atoms with Crippen LogP contribution in [0.15, 0.2) is 52.8 Å². The maximum absolute atomic E-state index is 15.3. The molecule has 5 heterocycles. The number of aryl methyl sites for hydroxylation is 1. The highest BCUT2D eigenvalue weighted by Crippen LogP contribution is 2.51. The molecule has 4 aromatic rings. The number of carbonyl (C=O) groups excluding carboxylic acids is 1. The molecule has 0 saturated carbocycles. The molecule has 2 fully saturated rings. The highest BCUT2D eigenvalue weighted by molar-refractivity contribution is 7.99. The molecule has 2 saturated heterocycles. The number of anilines is 1. The SMILES string of the molecule is C=CC(=O)N1[C@H](C)CN(c2nc(=O)n3c4c(c(-c5cccc6cnn(C)c56)c(C(F)(F)F)cc24)SC[C@@H]3CN2CCN(CC)CC2)C[C@@H]1C. The number of hydrogen-bond acceptors (Lipinski definition) is 8. The van der Waals surface area contributed by atoms with Crippen LogP contribution in [0.1, 0.15) is 32.4 Å². The van der Waals surface area contributed by atoms with E-state index in [1.54, 1.807) is 39.5 Å². The number of amides is 1. The van der Waals surface area contributed by atoms with Gasteiger partial charge in [-0.15, -0.1) is 11.8 Å². The molecule has 1 amide bonds. The molecule has 260 valence electrons. The first-order valence-electron chi connectivity index (χ1n) is 16.8. The van der Waals surface area contributed by atoms with Gasteiger partial charge in [0.15, 0.2) is 0 Å². The maximum atomic E-state index is 15.3. The summed E-state index contributed by atoms with van der Waals surface area (Å²) in [6.07, 6.45) is -1.78. The molecular weight excluding hydrogens is 653 g/mol. The number of para-hydroxylation sites is 1. The average molecular weight is 695 g/mol. The van der Waals surface area contributed by atoms with Gasteiger partial charge in [0.25, 0.3) is 0 Å². The number of hydrogen-bond donors (Lipinski definition) is 0. The Morgan fingerprint density at radius 2 is 1.78 bits per heavy atom. The number of carbonyl (C=O) groups is 1. The standard InChI is InChI=1S/C35H41F3N8O2S/c1-6-28(47)45-21(3)17-44(18-22(45)4)33-26-15-27(35(36,37)38)29(25-10-8-9-23-16-39-41(5)30(23)25)32-31(26)46(34(48)40-33)24(20-49-32)19-43-13-11-42(7-2)12-14-43/h6,8-10,15-16,21-22,24H,1,7,11-14,17-20H2,2-5H3/t21-,22+,24-/m0/s1. The van der Waals surface area contributed by atoms with E-state index in [1.165, 1.54) is 23.9 Å². The molecule has 14 heteroatoms. The Hall–Kier alpha value is -3.88. The lowest BCUT2D eigenvalue weighted by Crippen LogP contribution is -2.58. The number of aromatic nitrogens is 4. The number of piperazine rings is 2. The van der Waals surface area contributed by atoms with Gasteiger partial charge >= 0.3 is 11.9 Å². The van der Waals surface area contributed by atoms with Gasteiger partial charge in [-0.25, -0.2) is 4.79 Å². The number of alkyl halides is 3. The summed E-state index contributed by atoms with van der Waals surface area (Å²) in [5.41, 5.74) is 0.294. The Balaban J connectivity index is 1.46. The van der Waals surface area contributed by atoms with Crippen molar-refractivity contribution in [3.8, 4) is 11.1 Å². The van der Waals surface area contributed by atoms with E-state index in [0.29, 0.717) is 52.3 Å². The zero-order chi connectivity index (χ0) is 34.8. The van der Waals surface area contributed by atoms with Crippen LogP contribution < -0.4 is 10.6 Å². The van der Waals surface area contributed by atoms with Crippen LogP contribution in [0, 0.1) is 0 Å². The lowest BCUT2D eigenvalue weighted by atomic mass is 9.94. The van der Waals surface area contributed by atoms with E-state index in [0.717, 1.165) is 38.1 Å². The number of benzene rings is 2. The number of likely N-dealkylation sites (N-methyl/N-ethyl adjacent to an activating group) is 1. The molecule has 49 heavy (non-hydrogen) atoms. The van der Waals surface area contributed by atoms with Crippen LogP contribution in [0.25, 0.3) is 32.9 Å². The van der Waals surface area contributed by atoms with E-state index < -0.39 is 17.4 Å². The summed E-state index contributed by atoms with van der Waals surface area (Å²) in [6.45, 7) is 15.3. The van der Waals surface area contributed by atoms with Crippen molar-refractivity contribution in [2.75, 3.05) is 63.0 Å². The molecule has 2 aromatic carbocycles. The van der Waals surface area contributed by atoms with E-state index in [4.69, 9.17) is 0 Å². The second kappa shape index (κ2) is 12.8. The summed E-state index contributed by atoms with van der Waals surface area (Å²) in [7, 11) is 1.73. The number of rotatable bonds is 6. The van der Waals surface area contributed by atoms with Crippen LogP contribution in [0.2, 0.25) is 0 Å². The van der Waals surface area contributed by atoms with Crippen LogP contribution in [0.4, 0.5) is 19.0 Å². The fourth-order valence-electron chi connectivity index (χ4n) is 8.01. The molecule has 0 bridgehead atoms. The van der Waals surface area contributed by atoms with Gasteiger partial charge in [-0.1, -0.05) is 31.7 Å². The highest BCUT2D eigenvalue weighted by atomic mass is 32.2. The predicted octanol–water partition coefficient (Wildman–Crippen LogP) is 4.86. The summed E-state index contributed by atoms with van der Waals surface area (Å²) in [6, 6.07) is 5.65. The van der Waals surface area contributed by atoms with Crippen LogP contribution in [0.5, 0.6) is 0 Å². The van der Waals surface area contributed by atoms with Crippen LogP contribution in [0.3, 0.4) is 0 Å². The van der Waals surface area contributed by atoms with Crippen molar-refractivity contribution in [3.63, 3.8) is 0 Å². The van der Waals surface area contributed by atoms with Gasteiger partial charge in [0.2, 0.25) is 5.91 Å². The maximum Gasteiger partial charge on any atom is 0.417 e. The van der Waals surface area contributed by atoms with Crippen molar-refractivity contribution in [3.05, 3.63) is 59.2 Å². The fraction of sp³-hybridized carbons (Fsp3) is 0.486. The van der Waals surface area contributed by atoms with Crippen molar-refractivity contribution in [2.45, 2.75) is 50.0 Å². The van der Waals surface area contributed by atoms with Crippen LogP contribution in [-0.2, 0) is 18.0 Å². The van der Waals surface area contributed by atoms with Gasteiger partial charge in [-0.2, -0.15) is 23.3 Å². The normalized spacial score (nSPS) is 22.3. The third-order valence-corrected chi connectivity index (χ3v) is 11.5. The third-order valence-electron chi connectivity index (χ3n) is 10.3. The largest absolute Gasteiger partial charge is 0.417 e. The zero-order valence-corrected chi connectivity index (χ0v) is 29.0. The minimum atomic E-state index is -4.70. The van der Waals surface area contributed by atoms with Gasteiger partial charge < -0.3 is 14.7 Å². The number of halogens is 3. The van der Waals surface area contributed by atoms with Crippen LogP contribution >= 0.6 is 11.8 Å². The number of thioether (sulfide) groups is 1. The molecular formula is C35H41F3N8O2S. The van der Waals surface area contributed by atoms with Crippen molar-refractivity contribution >= 4 is 45.3 Å². The molecule has 0 spiro atoms. The van der Waals surface area contributed by atoms with Crippen molar-refractivity contribution in [1.82, 2.24) is 34.0 Å². The summed E-state index contributed by atoms with van der Waals surface area (Å²) < 4.78 is 49.2. The second-order valence-corrected chi connectivity index (χ2v) is 14.4. The van der Waals surface area contributed by atoms with Crippen molar-refractivity contribution in [2.24, 2.45) is 7.05 Å². The summed E-state index contributed by atoms with van der Waals surface area (Å²) in [5, 5.41) is 5.37.